The van der Waals surface area contributed by atoms with Crippen molar-refractivity contribution >= 4 is 17.2 Å². The minimum Gasteiger partial charge on any atom is -0.386 e. The van der Waals surface area contributed by atoms with Gasteiger partial charge in [-0.1, -0.05) is 46.8 Å². The number of benzene rings is 1. The molecule has 0 spiro atoms. The first-order valence-corrected chi connectivity index (χ1v) is 9.26. The Kier molecular flexibility index (Phi) is 4.52. The lowest BCUT2D eigenvalue weighted by Gasteiger charge is -2.33. The van der Waals surface area contributed by atoms with Crippen LogP contribution in [0.1, 0.15) is 52.3 Å². The highest BCUT2D eigenvalue weighted by Gasteiger charge is 2.34. The van der Waals surface area contributed by atoms with Gasteiger partial charge in [0.25, 0.3) is 5.91 Å². The van der Waals surface area contributed by atoms with Crippen molar-refractivity contribution in [1.29, 1.82) is 0 Å². The second-order valence-corrected chi connectivity index (χ2v) is 7.48. The van der Waals surface area contributed by atoms with Gasteiger partial charge in [0, 0.05) is 23.6 Å². The number of carbonyl (C=O) groups excluding carboxylic acids is 1. The molecule has 7 nitrogen and oxygen atoms in total. The quantitative estimate of drug-likeness (QED) is 0.716. The van der Waals surface area contributed by atoms with Gasteiger partial charge in [0.2, 0.25) is 0 Å². The van der Waals surface area contributed by atoms with E-state index >= 15 is 0 Å². The molecule has 0 bridgehead atoms. The van der Waals surface area contributed by atoms with Crippen molar-refractivity contribution in [3.63, 3.8) is 0 Å². The van der Waals surface area contributed by atoms with Crippen molar-refractivity contribution < 1.29 is 14.4 Å². The molecule has 0 unspecified atom stereocenters. The van der Waals surface area contributed by atoms with Gasteiger partial charge in [-0.3, -0.25) is 4.79 Å². The molecule has 1 aliphatic rings. The van der Waals surface area contributed by atoms with E-state index in [2.05, 4.69) is 20.7 Å². The maximum Gasteiger partial charge on any atom is 0.273 e. The van der Waals surface area contributed by atoms with Gasteiger partial charge in [-0.25, -0.2) is 0 Å². The maximum absolute atomic E-state index is 12.3. The third kappa shape index (κ3) is 3.38. The van der Waals surface area contributed by atoms with Gasteiger partial charge in [0.15, 0.2) is 11.5 Å². The first-order chi connectivity index (χ1) is 12.6. The highest BCUT2D eigenvalue weighted by molar-refractivity contribution is 7.11. The summed E-state index contributed by atoms with van der Waals surface area (Å²) in [5.41, 5.74) is 1.16. The van der Waals surface area contributed by atoms with Crippen LogP contribution < -0.4 is 5.32 Å². The SMILES string of the molecule is C[C@H](O)c1nnc([C@H]2C[C@@H](NC(=O)c3cc(-c4ccccc4)on3)C2)s1. The monoisotopic (exact) mass is 370 g/mol. The Labute approximate surface area is 154 Å². The average molecular weight is 370 g/mol. The molecular formula is C18H18N4O3S. The molecule has 0 saturated heterocycles. The highest BCUT2D eigenvalue weighted by Crippen LogP contribution is 2.39. The molecule has 134 valence electrons. The number of rotatable bonds is 5. The number of aromatic nitrogens is 3. The maximum atomic E-state index is 12.3. The Morgan fingerprint density at radius 3 is 2.77 bits per heavy atom. The zero-order chi connectivity index (χ0) is 18.1. The van der Waals surface area contributed by atoms with Crippen molar-refractivity contribution in [2.45, 2.75) is 37.8 Å². The van der Waals surface area contributed by atoms with E-state index in [-0.39, 0.29) is 23.6 Å². The number of nitrogens with one attached hydrogen (secondary N) is 1. The van der Waals surface area contributed by atoms with Crippen LogP contribution >= 0.6 is 11.3 Å². The van der Waals surface area contributed by atoms with E-state index in [0.29, 0.717) is 10.8 Å². The van der Waals surface area contributed by atoms with E-state index in [1.165, 1.54) is 11.3 Å². The third-order valence-electron chi connectivity index (χ3n) is 4.44. The fraction of sp³-hybridized carbons (Fsp3) is 0.333. The first kappa shape index (κ1) is 16.9. The van der Waals surface area contributed by atoms with Crippen molar-refractivity contribution in [1.82, 2.24) is 20.7 Å². The van der Waals surface area contributed by atoms with Gasteiger partial charge in [-0.2, -0.15) is 0 Å². The molecule has 1 fully saturated rings. The van der Waals surface area contributed by atoms with E-state index < -0.39 is 6.10 Å². The topological polar surface area (TPSA) is 101 Å². The predicted molar refractivity (Wildman–Crippen MR) is 95.7 cm³/mol. The summed E-state index contributed by atoms with van der Waals surface area (Å²) in [7, 11) is 0. The van der Waals surface area contributed by atoms with Gasteiger partial charge >= 0.3 is 0 Å². The van der Waals surface area contributed by atoms with Crippen molar-refractivity contribution in [3.05, 3.63) is 52.1 Å². The Morgan fingerprint density at radius 2 is 2.08 bits per heavy atom. The molecule has 1 aliphatic carbocycles. The van der Waals surface area contributed by atoms with Gasteiger partial charge < -0.3 is 14.9 Å². The lowest BCUT2D eigenvalue weighted by atomic mass is 9.80. The van der Waals surface area contributed by atoms with Gasteiger partial charge in [-0.15, -0.1) is 10.2 Å². The fourth-order valence-electron chi connectivity index (χ4n) is 2.90. The number of hydrogen-bond donors (Lipinski definition) is 2. The van der Waals surface area contributed by atoms with Crippen molar-refractivity contribution in [2.24, 2.45) is 0 Å². The van der Waals surface area contributed by atoms with Crippen LogP contribution in [0.5, 0.6) is 0 Å². The van der Waals surface area contributed by atoms with E-state index in [1.54, 1.807) is 13.0 Å². The Morgan fingerprint density at radius 1 is 1.31 bits per heavy atom. The summed E-state index contributed by atoms with van der Waals surface area (Å²) in [6.07, 6.45) is 1.02. The molecular weight excluding hydrogens is 352 g/mol. The lowest BCUT2D eigenvalue weighted by Crippen LogP contribution is -2.43. The van der Waals surface area contributed by atoms with Crippen LogP contribution in [0.4, 0.5) is 0 Å². The van der Waals surface area contributed by atoms with Crippen LogP contribution in [0.15, 0.2) is 40.9 Å². The summed E-state index contributed by atoms with van der Waals surface area (Å²) in [6.45, 7) is 1.68. The van der Waals surface area contributed by atoms with Crippen molar-refractivity contribution in [3.8, 4) is 11.3 Å². The van der Waals surface area contributed by atoms with Gasteiger partial charge in [-0.05, 0) is 19.8 Å². The molecule has 1 aromatic carbocycles. The molecule has 2 aromatic heterocycles. The first-order valence-electron chi connectivity index (χ1n) is 8.44. The van der Waals surface area contributed by atoms with Crippen LogP contribution in [0, 0.1) is 0 Å². The largest absolute Gasteiger partial charge is 0.386 e. The predicted octanol–water partition coefficient (Wildman–Crippen LogP) is 2.92. The lowest BCUT2D eigenvalue weighted by molar-refractivity contribution is 0.0899. The van der Waals surface area contributed by atoms with Gasteiger partial charge in [0.05, 0.1) is 0 Å². The van der Waals surface area contributed by atoms with Crippen LogP contribution in [0.25, 0.3) is 11.3 Å². The summed E-state index contributed by atoms with van der Waals surface area (Å²) in [5.74, 6) is 0.616. The minimum atomic E-state index is -0.595. The molecule has 0 aliphatic heterocycles. The van der Waals surface area contributed by atoms with Crippen LogP contribution in [-0.2, 0) is 0 Å². The summed E-state index contributed by atoms with van der Waals surface area (Å²) >= 11 is 1.43. The summed E-state index contributed by atoms with van der Waals surface area (Å²) in [5, 5.41) is 26.0. The zero-order valence-electron chi connectivity index (χ0n) is 14.1. The molecule has 0 radical (unpaired) electrons. The van der Waals surface area contributed by atoms with Crippen molar-refractivity contribution in [2.75, 3.05) is 0 Å². The molecule has 2 N–H and O–H groups in total. The molecule has 8 heteroatoms. The average Bonchev–Trinajstić information content (AvgIpc) is 3.28. The third-order valence-corrected chi connectivity index (χ3v) is 5.69. The molecule has 2 heterocycles. The van der Waals surface area contributed by atoms with Crippen LogP contribution in [-0.4, -0.2) is 32.4 Å². The number of aliphatic hydroxyl groups excluding tert-OH is 1. The number of carbonyl (C=O) groups is 1. The summed E-state index contributed by atoms with van der Waals surface area (Å²) < 4.78 is 5.27. The summed E-state index contributed by atoms with van der Waals surface area (Å²) in [6, 6.07) is 11.3. The second-order valence-electron chi connectivity index (χ2n) is 6.44. The van der Waals surface area contributed by atoms with E-state index in [0.717, 1.165) is 23.4 Å². The normalized spacial score (nSPS) is 20.4. The van der Waals surface area contributed by atoms with E-state index in [1.807, 2.05) is 30.3 Å². The molecule has 3 aromatic rings. The Balaban J connectivity index is 1.33. The van der Waals surface area contributed by atoms with Crippen LogP contribution in [0.3, 0.4) is 0 Å². The van der Waals surface area contributed by atoms with Gasteiger partial charge in [0.1, 0.15) is 16.1 Å². The zero-order valence-corrected chi connectivity index (χ0v) is 14.9. The minimum absolute atomic E-state index is 0.0864. The Bertz CT molecular complexity index is 900. The van der Waals surface area contributed by atoms with Crippen LogP contribution in [0.2, 0.25) is 0 Å². The Hall–Kier alpha value is -2.58. The molecule has 1 atom stereocenters. The molecule has 1 amide bonds. The number of aliphatic hydroxyl groups is 1. The smallest absolute Gasteiger partial charge is 0.273 e. The number of nitrogens with zero attached hydrogens (tertiary/aromatic N) is 3. The number of hydrogen-bond acceptors (Lipinski definition) is 7. The molecule has 26 heavy (non-hydrogen) atoms. The van der Waals surface area contributed by atoms with E-state index in [4.69, 9.17) is 4.52 Å². The fourth-order valence-corrected chi connectivity index (χ4v) is 3.80. The summed E-state index contributed by atoms with van der Waals surface area (Å²) in [4.78, 5) is 12.3. The second kappa shape index (κ2) is 6.97. The van der Waals surface area contributed by atoms with E-state index in [9.17, 15) is 9.90 Å². The molecule has 4 rings (SSSR count). The highest BCUT2D eigenvalue weighted by atomic mass is 32.1. The molecule has 1 saturated carbocycles. The number of amides is 1. The standard InChI is InChI=1S/C18H18N4O3S/c1-10(23)17-20-21-18(26-17)12-7-13(8-12)19-16(24)14-9-15(25-22-14)11-5-3-2-4-6-11/h2-6,9-10,12-13,23H,7-8H2,1H3,(H,19,24)/t10-,12-,13+/m0/s1.